The van der Waals surface area contributed by atoms with E-state index in [2.05, 4.69) is 23.7 Å². The average molecular weight is 154 g/mol. The van der Waals surface area contributed by atoms with Gasteiger partial charge in [0.05, 0.1) is 0 Å². The molecule has 0 bridgehead atoms. The summed E-state index contributed by atoms with van der Waals surface area (Å²) in [5.74, 6) is 0. The van der Waals surface area contributed by atoms with E-state index in [9.17, 15) is 0 Å². The van der Waals surface area contributed by atoms with Crippen molar-refractivity contribution in [3.05, 3.63) is 12.7 Å². The first-order chi connectivity index (χ1) is 5.38. The standard InChI is InChI=1S/C9H18N2/c1-3-6-11-7-5-10-8-9(11)4-2/h3,9-10H,1,4-8H2,2H3. The van der Waals surface area contributed by atoms with Crippen LogP contribution in [-0.4, -0.2) is 37.1 Å². The Morgan fingerprint density at radius 1 is 1.73 bits per heavy atom. The average Bonchev–Trinajstić information content (AvgIpc) is 2.06. The summed E-state index contributed by atoms with van der Waals surface area (Å²) in [6, 6.07) is 0.724. The Kier molecular flexibility index (Phi) is 3.60. The monoisotopic (exact) mass is 154 g/mol. The predicted molar refractivity (Wildman–Crippen MR) is 48.7 cm³/mol. The highest BCUT2D eigenvalue weighted by Gasteiger charge is 2.18. The zero-order valence-corrected chi connectivity index (χ0v) is 7.34. The topological polar surface area (TPSA) is 15.3 Å². The Bertz CT molecular complexity index is 123. The molecule has 0 spiro atoms. The Labute approximate surface area is 69.3 Å². The maximum atomic E-state index is 3.76. The molecule has 0 amide bonds. The van der Waals surface area contributed by atoms with Gasteiger partial charge in [0.15, 0.2) is 0 Å². The van der Waals surface area contributed by atoms with E-state index in [0.717, 1.165) is 25.7 Å². The number of nitrogens with zero attached hydrogens (tertiary/aromatic N) is 1. The first kappa shape index (κ1) is 8.75. The van der Waals surface area contributed by atoms with Crippen molar-refractivity contribution in [2.24, 2.45) is 0 Å². The molecule has 0 saturated carbocycles. The fourth-order valence-corrected chi connectivity index (χ4v) is 1.61. The highest BCUT2D eigenvalue weighted by Crippen LogP contribution is 2.05. The summed E-state index contributed by atoms with van der Waals surface area (Å²) >= 11 is 0. The number of piperazine rings is 1. The summed E-state index contributed by atoms with van der Waals surface area (Å²) in [7, 11) is 0. The molecule has 0 aromatic rings. The van der Waals surface area contributed by atoms with Gasteiger partial charge in [-0.05, 0) is 6.42 Å². The summed E-state index contributed by atoms with van der Waals surface area (Å²) in [5.41, 5.74) is 0. The van der Waals surface area contributed by atoms with Gasteiger partial charge in [-0.1, -0.05) is 13.0 Å². The van der Waals surface area contributed by atoms with Crippen molar-refractivity contribution in [3.63, 3.8) is 0 Å². The molecule has 1 unspecified atom stereocenters. The van der Waals surface area contributed by atoms with E-state index in [1.165, 1.54) is 13.0 Å². The van der Waals surface area contributed by atoms with Gasteiger partial charge in [-0.15, -0.1) is 6.58 Å². The fraction of sp³-hybridized carbons (Fsp3) is 0.778. The van der Waals surface area contributed by atoms with Crippen molar-refractivity contribution in [2.45, 2.75) is 19.4 Å². The molecular weight excluding hydrogens is 136 g/mol. The van der Waals surface area contributed by atoms with Crippen LogP contribution in [-0.2, 0) is 0 Å². The second-order valence-electron chi connectivity index (χ2n) is 3.05. The van der Waals surface area contributed by atoms with Crippen LogP contribution < -0.4 is 5.32 Å². The summed E-state index contributed by atoms with van der Waals surface area (Å²) in [6.07, 6.45) is 3.23. The minimum absolute atomic E-state index is 0.724. The van der Waals surface area contributed by atoms with E-state index >= 15 is 0 Å². The van der Waals surface area contributed by atoms with E-state index in [0.29, 0.717) is 0 Å². The van der Waals surface area contributed by atoms with Crippen molar-refractivity contribution in [1.82, 2.24) is 10.2 Å². The molecule has 0 aromatic heterocycles. The molecule has 1 aliphatic rings. The molecule has 1 saturated heterocycles. The number of hydrogen-bond acceptors (Lipinski definition) is 2. The SMILES string of the molecule is C=CCN1CCNCC1CC. The first-order valence-electron chi connectivity index (χ1n) is 4.44. The van der Waals surface area contributed by atoms with Crippen LogP contribution in [0.5, 0.6) is 0 Å². The number of hydrogen-bond donors (Lipinski definition) is 1. The lowest BCUT2D eigenvalue weighted by molar-refractivity contribution is 0.174. The van der Waals surface area contributed by atoms with Crippen molar-refractivity contribution in [3.8, 4) is 0 Å². The zero-order valence-electron chi connectivity index (χ0n) is 7.34. The highest BCUT2D eigenvalue weighted by molar-refractivity contribution is 4.83. The maximum absolute atomic E-state index is 3.76. The lowest BCUT2D eigenvalue weighted by atomic mass is 10.1. The van der Waals surface area contributed by atoms with Crippen LogP contribution in [0.15, 0.2) is 12.7 Å². The Morgan fingerprint density at radius 2 is 2.55 bits per heavy atom. The van der Waals surface area contributed by atoms with Crippen LogP contribution in [0.3, 0.4) is 0 Å². The second kappa shape index (κ2) is 4.52. The third-order valence-corrected chi connectivity index (χ3v) is 2.31. The lowest BCUT2D eigenvalue weighted by Gasteiger charge is -2.34. The Morgan fingerprint density at radius 3 is 3.18 bits per heavy atom. The molecule has 2 nitrogen and oxygen atoms in total. The molecule has 1 N–H and O–H groups in total. The van der Waals surface area contributed by atoms with Crippen molar-refractivity contribution in [1.29, 1.82) is 0 Å². The normalized spacial score (nSPS) is 26.8. The molecule has 0 aliphatic carbocycles. The van der Waals surface area contributed by atoms with E-state index in [1.54, 1.807) is 0 Å². The summed E-state index contributed by atoms with van der Waals surface area (Å²) in [6.45, 7) is 10.5. The second-order valence-corrected chi connectivity index (χ2v) is 3.05. The molecule has 0 aromatic carbocycles. The molecule has 1 atom stereocenters. The van der Waals surface area contributed by atoms with Gasteiger partial charge in [0, 0.05) is 32.2 Å². The van der Waals surface area contributed by atoms with Gasteiger partial charge in [-0.25, -0.2) is 0 Å². The van der Waals surface area contributed by atoms with E-state index in [4.69, 9.17) is 0 Å². The molecule has 64 valence electrons. The smallest absolute Gasteiger partial charge is 0.0221 e. The van der Waals surface area contributed by atoms with Crippen LogP contribution >= 0.6 is 0 Å². The summed E-state index contributed by atoms with van der Waals surface area (Å²) in [5, 5.41) is 3.40. The maximum Gasteiger partial charge on any atom is 0.0221 e. The summed E-state index contributed by atoms with van der Waals surface area (Å²) < 4.78 is 0. The van der Waals surface area contributed by atoms with Crippen molar-refractivity contribution in [2.75, 3.05) is 26.2 Å². The number of rotatable bonds is 3. The zero-order chi connectivity index (χ0) is 8.10. The molecule has 0 radical (unpaired) electrons. The minimum Gasteiger partial charge on any atom is -0.314 e. The van der Waals surface area contributed by atoms with Gasteiger partial charge in [0.2, 0.25) is 0 Å². The minimum atomic E-state index is 0.724. The van der Waals surface area contributed by atoms with Gasteiger partial charge in [-0.2, -0.15) is 0 Å². The quantitative estimate of drug-likeness (QED) is 0.606. The van der Waals surface area contributed by atoms with Gasteiger partial charge < -0.3 is 5.32 Å². The molecule has 1 rings (SSSR count). The van der Waals surface area contributed by atoms with E-state index in [-0.39, 0.29) is 0 Å². The van der Waals surface area contributed by atoms with Crippen molar-refractivity contribution < 1.29 is 0 Å². The van der Waals surface area contributed by atoms with Crippen LogP contribution in [0, 0.1) is 0 Å². The Hall–Kier alpha value is -0.340. The van der Waals surface area contributed by atoms with Crippen LogP contribution in [0.25, 0.3) is 0 Å². The molecule has 1 fully saturated rings. The third kappa shape index (κ3) is 2.31. The molecule has 11 heavy (non-hydrogen) atoms. The molecule has 1 heterocycles. The van der Waals surface area contributed by atoms with Gasteiger partial charge >= 0.3 is 0 Å². The van der Waals surface area contributed by atoms with Crippen LogP contribution in [0.4, 0.5) is 0 Å². The molecule has 1 aliphatic heterocycles. The lowest BCUT2D eigenvalue weighted by Crippen LogP contribution is -2.50. The van der Waals surface area contributed by atoms with E-state index < -0.39 is 0 Å². The fourth-order valence-electron chi connectivity index (χ4n) is 1.61. The van der Waals surface area contributed by atoms with Crippen molar-refractivity contribution >= 4 is 0 Å². The Balaban J connectivity index is 2.37. The number of nitrogens with one attached hydrogen (secondary N) is 1. The predicted octanol–water partition coefficient (Wildman–Crippen LogP) is 0.856. The first-order valence-corrected chi connectivity index (χ1v) is 4.44. The largest absolute Gasteiger partial charge is 0.314 e. The third-order valence-electron chi connectivity index (χ3n) is 2.31. The highest BCUT2D eigenvalue weighted by atomic mass is 15.2. The van der Waals surface area contributed by atoms with E-state index in [1.807, 2.05) is 6.08 Å². The van der Waals surface area contributed by atoms with Gasteiger partial charge in [0.25, 0.3) is 0 Å². The van der Waals surface area contributed by atoms with Crippen LogP contribution in [0.2, 0.25) is 0 Å². The molecular formula is C9H18N2. The van der Waals surface area contributed by atoms with Crippen LogP contribution in [0.1, 0.15) is 13.3 Å². The van der Waals surface area contributed by atoms with Gasteiger partial charge in [-0.3, -0.25) is 4.90 Å². The summed E-state index contributed by atoms with van der Waals surface area (Å²) in [4.78, 5) is 2.49. The van der Waals surface area contributed by atoms with Gasteiger partial charge in [0.1, 0.15) is 0 Å². The molecule has 2 heteroatoms.